The van der Waals surface area contributed by atoms with Crippen LogP contribution in [0.15, 0.2) is 9.72 Å². The van der Waals surface area contributed by atoms with Crippen molar-refractivity contribution < 1.29 is 14.3 Å². The second kappa shape index (κ2) is 8.86. The van der Waals surface area contributed by atoms with Crippen LogP contribution in [-0.2, 0) is 14.3 Å². The van der Waals surface area contributed by atoms with Gasteiger partial charge in [0.1, 0.15) is 4.34 Å². The Morgan fingerprint density at radius 3 is 2.77 bits per heavy atom. The van der Waals surface area contributed by atoms with Gasteiger partial charge in [-0.15, -0.1) is 11.3 Å². The molecule has 5 nitrogen and oxygen atoms in total. The summed E-state index contributed by atoms with van der Waals surface area (Å²) in [6.45, 7) is 3.96. The van der Waals surface area contributed by atoms with E-state index in [0.717, 1.165) is 41.7 Å². The summed E-state index contributed by atoms with van der Waals surface area (Å²) >= 11 is 3.55. The summed E-state index contributed by atoms with van der Waals surface area (Å²) in [5.41, 5.74) is 1.09. The van der Waals surface area contributed by atoms with Gasteiger partial charge in [0.2, 0.25) is 0 Å². The molecular formula is C15H24N2O3S2. The number of methoxy groups -OCH3 is 2. The van der Waals surface area contributed by atoms with Crippen molar-refractivity contribution in [2.75, 3.05) is 39.7 Å². The summed E-state index contributed by atoms with van der Waals surface area (Å²) in [6.07, 6.45) is 1.62. The fraction of sp³-hybridized carbons (Fsp3) is 0.733. The molecule has 2 rings (SSSR count). The highest BCUT2D eigenvalue weighted by molar-refractivity contribution is 8.01. The number of rotatable bonds is 7. The largest absolute Gasteiger partial charge is 0.381 e. The van der Waals surface area contributed by atoms with Gasteiger partial charge in [-0.25, -0.2) is 4.98 Å². The van der Waals surface area contributed by atoms with E-state index in [9.17, 15) is 4.79 Å². The lowest BCUT2D eigenvalue weighted by atomic mass is 9.98. The van der Waals surface area contributed by atoms with Crippen molar-refractivity contribution in [3.8, 4) is 0 Å². The van der Waals surface area contributed by atoms with Gasteiger partial charge in [0, 0.05) is 44.1 Å². The van der Waals surface area contributed by atoms with E-state index in [2.05, 4.69) is 10.4 Å². The molecular weight excluding hydrogens is 320 g/mol. The normalized spacial score (nSPS) is 17.7. The van der Waals surface area contributed by atoms with E-state index in [4.69, 9.17) is 9.47 Å². The van der Waals surface area contributed by atoms with E-state index in [1.165, 1.54) is 0 Å². The van der Waals surface area contributed by atoms with E-state index >= 15 is 0 Å². The third-order valence-corrected chi connectivity index (χ3v) is 6.22. The highest BCUT2D eigenvalue weighted by atomic mass is 32.2. The Morgan fingerprint density at radius 2 is 2.23 bits per heavy atom. The van der Waals surface area contributed by atoms with Crippen molar-refractivity contribution in [2.45, 2.75) is 30.2 Å². The molecule has 1 amide bonds. The molecule has 7 heteroatoms. The number of likely N-dealkylation sites (tertiary alicyclic amines) is 1. The van der Waals surface area contributed by atoms with Crippen LogP contribution in [0.4, 0.5) is 0 Å². The summed E-state index contributed by atoms with van der Waals surface area (Å²) in [7, 11) is 3.14. The molecule has 1 aliphatic rings. The van der Waals surface area contributed by atoms with E-state index in [1.54, 1.807) is 25.6 Å². The summed E-state index contributed by atoms with van der Waals surface area (Å²) < 4.78 is 11.4. The quantitative estimate of drug-likeness (QED) is 0.711. The lowest BCUT2D eigenvalue weighted by Gasteiger charge is -2.33. The van der Waals surface area contributed by atoms with E-state index < -0.39 is 6.10 Å². The maximum atomic E-state index is 12.3. The maximum Gasteiger partial charge on any atom is 0.254 e. The van der Waals surface area contributed by atoms with Crippen LogP contribution >= 0.6 is 23.1 Å². The Morgan fingerprint density at radius 1 is 1.50 bits per heavy atom. The molecule has 1 aromatic rings. The van der Waals surface area contributed by atoms with Gasteiger partial charge in [-0.2, -0.15) is 0 Å². The van der Waals surface area contributed by atoms with Crippen molar-refractivity contribution in [2.24, 2.45) is 5.92 Å². The third-order valence-electron chi connectivity index (χ3n) is 3.84. The molecule has 1 atom stereocenters. The molecule has 1 saturated heterocycles. The number of aromatic nitrogens is 1. The van der Waals surface area contributed by atoms with Crippen molar-refractivity contribution in [3.05, 3.63) is 11.1 Å². The van der Waals surface area contributed by atoms with E-state index in [1.807, 2.05) is 23.6 Å². The van der Waals surface area contributed by atoms with Gasteiger partial charge >= 0.3 is 0 Å². The van der Waals surface area contributed by atoms with Crippen molar-refractivity contribution in [1.82, 2.24) is 9.88 Å². The lowest BCUT2D eigenvalue weighted by molar-refractivity contribution is -0.146. The fourth-order valence-electron chi connectivity index (χ4n) is 2.50. The zero-order valence-electron chi connectivity index (χ0n) is 13.4. The smallest absolute Gasteiger partial charge is 0.254 e. The van der Waals surface area contributed by atoms with Crippen LogP contribution in [0.1, 0.15) is 18.5 Å². The predicted molar refractivity (Wildman–Crippen MR) is 89.6 cm³/mol. The summed E-state index contributed by atoms with van der Waals surface area (Å²) in [5, 5.41) is 2.09. The minimum atomic E-state index is -0.478. The van der Waals surface area contributed by atoms with Crippen LogP contribution in [0.25, 0.3) is 0 Å². The molecule has 0 aliphatic carbocycles. The zero-order valence-corrected chi connectivity index (χ0v) is 15.0. The average molecular weight is 345 g/mol. The number of ether oxygens (including phenoxy) is 2. The zero-order chi connectivity index (χ0) is 15.9. The van der Waals surface area contributed by atoms with Crippen LogP contribution in [-0.4, -0.2) is 61.6 Å². The molecule has 0 aromatic carbocycles. The van der Waals surface area contributed by atoms with Crippen LogP contribution in [0, 0.1) is 12.8 Å². The number of hydrogen-bond donors (Lipinski definition) is 0. The average Bonchev–Trinajstić information content (AvgIpc) is 2.96. The fourth-order valence-corrected chi connectivity index (χ4v) is 4.56. The van der Waals surface area contributed by atoms with E-state index in [-0.39, 0.29) is 5.91 Å². The van der Waals surface area contributed by atoms with Crippen LogP contribution in [0.3, 0.4) is 0 Å². The molecule has 0 bridgehead atoms. The SMILES string of the molecule is COCC(OC)C(=O)N1CCC(CSc2nc(C)cs2)CC1. The van der Waals surface area contributed by atoms with Crippen LogP contribution in [0.5, 0.6) is 0 Å². The molecule has 124 valence electrons. The topological polar surface area (TPSA) is 51.7 Å². The van der Waals surface area contributed by atoms with Gasteiger partial charge in [0.05, 0.1) is 6.61 Å². The molecule has 0 radical (unpaired) electrons. The lowest BCUT2D eigenvalue weighted by Crippen LogP contribution is -2.46. The molecule has 0 saturated carbocycles. The summed E-state index contributed by atoms with van der Waals surface area (Å²) in [6, 6.07) is 0. The predicted octanol–water partition coefficient (Wildman–Crippen LogP) is 2.44. The Bertz CT molecular complexity index is 473. The monoisotopic (exact) mass is 344 g/mol. The second-order valence-corrected chi connectivity index (χ2v) is 7.64. The summed E-state index contributed by atoms with van der Waals surface area (Å²) in [4.78, 5) is 18.7. The number of piperidine rings is 1. The maximum absolute atomic E-state index is 12.3. The Labute approximate surface area is 140 Å². The molecule has 0 N–H and O–H groups in total. The van der Waals surface area contributed by atoms with Gasteiger partial charge in [-0.05, 0) is 25.7 Å². The molecule has 1 fully saturated rings. The highest BCUT2D eigenvalue weighted by Crippen LogP contribution is 2.28. The number of carbonyl (C=O) groups is 1. The minimum Gasteiger partial charge on any atom is -0.381 e. The number of thioether (sulfide) groups is 1. The van der Waals surface area contributed by atoms with Gasteiger partial charge in [-0.3, -0.25) is 4.79 Å². The molecule has 22 heavy (non-hydrogen) atoms. The van der Waals surface area contributed by atoms with Gasteiger partial charge in [-0.1, -0.05) is 11.8 Å². The van der Waals surface area contributed by atoms with Crippen LogP contribution < -0.4 is 0 Å². The number of nitrogens with zero attached hydrogens (tertiary/aromatic N) is 2. The molecule has 0 spiro atoms. The number of hydrogen-bond acceptors (Lipinski definition) is 6. The molecule has 2 heterocycles. The standard InChI is InChI=1S/C15H24N2O3S2/c1-11-9-21-15(16-11)22-10-12-4-6-17(7-5-12)14(18)13(20-3)8-19-2/h9,12-13H,4-8,10H2,1-3H3. The number of carbonyl (C=O) groups excluding carboxylic acids is 1. The first-order valence-corrected chi connectivity index (χ1v) is 9.36. The number of thiazole rings is 1. The highest BCUT2D eigenvalue weighted by Gasteiger charge is 2.28. The van der Waals surface area contributed by atoms with Crippen molar-refractivity contribution >= 4 is 29.0 Å². The first-order valence-electron chi connectivity index (χ1n) is 7.49. The first-order chi connectivity index (χ1) is 10.6. The van der Waals surface area contributed by atoms with Crippen molar-refractivity contribution in [3.63, 3.8) is 0 Å². The third kappa shape index (κ3) is 4.94. The minimum absolute atomic E-state index is 0.0472. The van der Waals surface area contributed by atoms with Crippen molar-refractivity contribution in [1.29, 1.82) is 0 Å². The first kappa shape index (κ1) is 17.7. The summed E-state index contributed by atoms with van der Waals surface area (Å²) in [5.74, 6) is 1.79. The van der Waals surface area contributed by atoms with Gasteiger partial charge < -0.3 is 14.4 Å². The number of amides is 1. The Balaban J connectivity index is 1.74. The molecule has 1 unspecified atom stereocenters. The molecule has 1 aliphatic heterocycles. The second-order valence-electron chi connectivity index (χ2n) is 5.51. The van der Waals surface area contributed by atoms with Crippen LogP contribution in [0.2, 0.25) is 0 Å². The van der Waals surface area contributed by atoms with E-state index in [0.29, 0.717) is 12.5 Å². The molecule has 1 aromatic heterocycles. The van der Waals surface area contributed by atoms with Gasteiger partial charge in [0.15, 0.2) is 6.10 Å². The Kier molecular flexibility index (Phi) is 7.14. The Hall–Kier alpha value is -0.630. The van der Waals surface area contributed by atoms with Gasteiger partial charge in [0.25, 0.3) is 5.91 Å². The number of aryl methyl sites for hydroxylation is 1.